The van der Waals surface area contributed by atoms with Crippen LogP contribution in [0, 0.1) is 0 Å². The molecule has 0 N–H and O–H groups in total. The van der Waals surface area contributed by atoms with E-state index in [1.165, 1.54) is 51.4 Å². The van der Waals surface area contributed by atoms with Crippen LogP contribution < -0.4 is 10.6 Å². The highest BCUT2D eigenvalue weighted by atomic mass is 31.1. The van der Waals surface area contributed by atoms with E-state index < -0.39 is 0 Å². The van der Waals surface area contributed by atoms with Gasteiger partial charge in [0.05, 0.1) is 0 Å². The van der Waals surface area contributed by atoms with Gasteiger partial charge < -0.3 is 0 Å². The van der Waals surface area contributed by atoms with E-state index in [4.69, 9.17) is 0 Å². The predicted molar refractivity (Wildman–Crippen MR) is 137 cm³/mol. The molecule has 1 aromatic rings. The first-order valence-corrected chi connectivity index (χ1v) is 15.0. The SMILES string of the molecule is CCCC(C)P(c1cccc(P(C(C)CCC)C(C)CCC)c1)C(C)CCC. The van der Waals surface area contributed by atoms with Gasteiger partial charge in [-0.3, -0.25) is 0 Å². The molecule has 0 amide bonds. The third-order valence-corrected chi connectivity index (χ3v) is 12.7. The van der Waals surface area contributed by atoms with E-state index in [2.05, 4.69) is 79.7 Å². The maximum atomic E-state index is 2.67. The summed E-state index contributed by atoms with van der Waals surface area (Å²) in [6.45, 7) is 19.5. The molecule has 0 aromatic heterocycles. The van der Waals surface area contributed by atoms with E-state index in [0.717, 1.165) is 22.6 Å². The highest BCUT2D eigenvalue weighted by molar-refractivity contribution is 7.68. The molecular formula is C26H48P2. The Morgan fingerprint density at radius 1 is 0.571 bits per heavy atom. The maximum absolute atomic E-state index is 2.67. The molecule has 4 unspecified atom stereocenters. The monoisotopic (exact) mass is 422 g/mol. The van der Waals surface area contributed by atoms with Crippen LogP contribution in [0.4, 0.5) is 0 Å². The van der Waals surface area contributed by atoms with E-state index in [0.29, 0.717) is 0 Å². The molecular weight excluding hydrogens is 374 g/mol. The Morgan fingerprint density at radius 2 is 0.857 bits per heavy atom. The molecule has 0 bridgehead atoms. The molecule has 4 atom stereocenters. The van der Waals surface area contributed by atoms with Crippen molar-refractivity contribution >= 4 is 26.5 Å². The molecule has 28 heavy (non-hydrogen) atoms. The Hall–Kier alpha value is 0.0800. The zero-order chi connectivity index (χ0) is 21.1. The minimum Gasteiger partial charge on any atom is -0.0695 e. The Balaban J connectivity index is 3.28. The first-order chi connectivity index (χ1) is 13.4. The van der Waals surface area contributed by atoms with Crippen molar-refractivity contribution in [2.45, 2.75) is 129 Å². The lowest BCUT2D eigenvalue weighted by Gasteiger charge is -2.34. The molecule has 0 saturated carbocycles. The fraction of sp³-hybridized carbons (Fsp3) is 0.769. The number of benzene rings is 1. The summed E-state index contributed by atoms with van der Waals surface area (Å²) < 4.78 is 0. The second kappa shape index (κ2) is 14.1. The standard InChI is InChI=1S/C26H48P2/c1-9-14-21(5)27(22(6)15-10-2)25-18-13-19-26(20-25)28(23(7)16-11-3)24(8)17-12-4/h13,18-24H,9-12,14-17H2,1-8H3. The van der Waals surface area contributed by atoms with Crippen LogP contribution in [0.1, 0.15) is 107 Å². The lowest BCUT2D eigenvalue weighted by atomic mass is 10.3. The minimum atomic E-state index is -0.0749. The minimum absolute atomic E-state index is 0.0749. The summed E-state index contributed by atoms with van der Waals surface area (Å²) >= 11 is 0. The summed E-state index contributed by atoms with van der Waals surface area (Å²) in [6, 6.07) is 10.0. The van der Waals surface area contributed by atoms with Crippen molar-refractivity contribution in [3.05, 3.63) is 24.3 Å². The van der Waals surface area contributed by atoms with Gasteiger partial charge in [0.25, 0.3) is 0 Å². The average Bonchev–Trinajstić information content (AvgIpc) is 2.63. The summed E-state index contributed by atoms with van der Waals surface area (Å²) in [4.78, 5) is 0. The molecule has 0 heterocycles. The molecule has 0 aliphatic carbocycles. The summed E-state index contributed by atoms with van der Waals surface area (Å²) in [7, 11) is -0.150. The van der Waals surface area contributed by atoms with Crippen molar-refractivity contribution in [3.63, 3.8) is 0 Å². The first-order valence-electron chi connectivity index (χ1n) is 12.1. The van der Waals surface area contributed by atoms with Crippen molar-refractivity contribution in [2.24, 2.45) is 0 Å². The van der Waals surface area contributed by atoms with Crippen molar-refractivity contribution in [1.82, 2.24) is 0 Å². The third kappa shape index (κ3) is 7.73. The predicted octanol–water partition coefficient (Wildman–Crippen LogP) is 8.66. The van der Waals surface area contributed by atoms with Gasteiger partial charge in [0.2, 0.25) is 0 Å². The highest BCUT2D eigenvalue weighted by Gasteiger charge is 2.27. The lowest BCUT2D eigenvalue weighted by molar-refractivity contribution is 0.741. The molecule has 2 heteroatoms. The van der Waals surface area contributed by atoms with Crippen LogP contribution >= 0.6 is 15.8 Å². The molecule has 0 spiro atoms. The van der Waals surface area contributed by atoms with Crippen molar-refractivity contribution in [2.75, 3.05) is 0 Å². The van der Waals surface area contributed by atoms with Crippen LogP contribution in [0.5, 0.6) is 0 Å². The van der Waals surface area contributed by atoms with E-state index in [1.807, 2.05) is 0 Å². The third-order valence-electron chi connectivity index (χ3n) is 6.15. The van der Waals surface area contributed by atoms with Crippen LogP contribution in [0.15, 0.2) is 24.3 Å². The van der Waals surface area contributed by atoms with Gasteiger partial charge in [-0.1, -0.05) is 115 Å². The van der Waals surface area contributed by atoms with Gasteiger partial charge in [0, 0.05) is 0 Å². The second-order valence-electron chi connectivity index (χ2n) is 8.89. The first kappa shape index (κ1) is 26.1. The van der Waals surface area contributed by atoms with Crippen LogP contribution in [0.25, 0.3) is 0 Å². The van der Waals surface area contributed by atoms with Crippen molar-refractivity contribution in [3.8, 4) is 0 Å². The van der Waals surface area contributed by atoms with Gasteiger partial charge in [0.1, 0.15) is 0 Å². The van der Waals surface area contributed by atoms with Crippen LogP contribution in [-0.4, -0.2) is 22.6 Å². The summed E-state index contributed by atoms with van der Waals surface area (Å²) in [5, 5.41) is 3.38. The van der Waals surface area contributed by atoms with Gasteiger partial charge in [-0.05, 0) is 65.0 Å². The van der Waals surface area contributed by atoms with Crippen LogP contribution in [0.2, 0.25) is 0 Å². The average molecular weight is 423 g/mol. The Kier molecular flexibility index (Phi) is 13.2. The zero-order valence-corrected chi connectivity index (χ0v) is 22.0. The maximum Gasteiger partial charge on any atom is -0.0195 e. The van der Waals surface area contributed by atoms with Gasteiger partial charge in [0.15, 0.2) is 0 Å². The summed E-state index contributed by atoms with van der Waals surface area (Å²) in [5.41, 5.74) is 3.35. The summed E-state index contributed by atoms with van der Waals surface area (Å²) in [5.74, 6) is 0. The van der Waals surface area contributed by atoms with Gasteiger partial charge >= 0.3 is 0 Å². The van der Waals surface area contributed by atoms with E-state index in [-0.39, 0.29) is 15.8 Å². The molecule has 1 aromatic carbocycles. The lowest BCUT2D eigenvalue weighted by Crippen LogP contribution is -2.24. The topological polar surface area (TPSA) is 0 Å². The number of hydrogen-bond acceptors (Lipinski definition) is 0. The molecule has 0 nitrogen and oxygen atoms in total. The van der Waals surface area contributed by atoms with Gasteiger partial charge in [-0.25, -0.2) is 0 Å². The van der Waals surface area contributed by atoms with E-state index in [1.54, 1.807) is 10.6 Å². The normalized spacial score (nSPS) is 18.3. The number of rotatable bonds is 14. The Morgan fingerprint density at radius 3 is 1.11 bits per heavy atom. The fourth-order valence-corrected chi connectivity index (χ4v) is 12.0. The zero-order valence-electron chi connectivity index (χ0n) is 20.2. The molecule has 0 radical (unpaired) electrons. The van der Waals surface area contributed by atoms with Gasteiger partial charge in [-0.2, -0.15) is 0 Å². The second-order valence-corrected chi connectivity index (χ2v) is 15.1. The Bertz CT molecular complexity index is 460. The fourth-order valence-electron chi connectivity index (χ4n) is 4.93. The molecule has 162 valence electrons. The van der Waals surface area contributed by atoms with Crippen molar-refractivity contribution < 1.29 is 0 Å². The quantitative estimate of drug-likeness (QED) is 0.263. The molecule has 0 aliphatic heterocycles. The molecule has 0 aliphatic rings. The van der Waals surface area contributed by atoms with E-state index in [9.17, 15) is 0 Å². The number of hydrogen-bond donors (Lipinski definition) is 0. The van der Waals surface area contributed by atoms with E-state index >= 15 is 0 Å². The van der Waals surface area contributed by atoms with Crippen LogP contribution in [-0.2, 0) is 0 Å². The molecule has 0 fully saturated rings. The summed E-state index contributed by atoms with van der Waals surface area (Å²) in [6.07, 6.45) is 10.7. The molecule has 0 saturated heterocycles. The largest absolute Gasteiger partial charge is 0.0695 e. The van der Waals surface area contributed by atoms with Crippen LogP contribution in [0.3, 0.4) is 0 Å². The van der Waals surface area contributed by atoms with Crippen molar-refractivity contribution in [1.29, 1.82) is 0 Å². The Labute approximate surface area is 180 Å². The molecule has 1 rings (SSSR count). The van der Waals surface area contributed by atoms with Gasteiger partial charge in [-0.15, -0.1) is 0 Å². The highest BCUT2D eigenvalue weighted by Crippen LogP contribution is 2.51. The smallest absolute Gasteiger partial charge is 0.0195 e.